The number of anilines is 1. The van der Waals surface area contributed by atoms with Crippen molar-refractivity contribution in [1.82, 2.24) is 0 Å². The lowest BCUT2D eigenvalue weighted by atomic mass is 10.1. The van der Waals surface area contributed by atoms with Gasteiger partial charge in [0.25, 0.3) is 10.0 Å². The third-order valence-corrected chi connectivity index (χ3v) is 5.16. The average molecular weight is 311 g/mol. The summed E-state index contributed by atoms with van der Waals surface area (Å²) in [6, 6.07) is 6.21. The molecule has 0 bridgehead atoms. The molecule has 2 aromatic rings. The SMILES string of the molecule is Cc1ccc(S(=O)(=O)Nc2ccsc2C(=O)O)cc1C. The summed E-state index contributed by atoms with van der Waals surface area (Å²) in [4.78, 5) is 11.1. The first kappa shape index (κ1) is 14.5. The van der Waals surface area contributed by atoms with Gasteiger partial charge in [0.1, 0.15) is 4.88 Å². The molecule has 0 unspecified atom stereocenters. The molecule has 0 spiro atoms. The van der Waals surface area contributed by atoms with E-state index < -0.39 is 16.0 Å². The van der Waals surface area contributed by atoms with Gasteiger partial charge in [-0.1, -0.05) is 6.07 Å². The molecule has 5 nitrogen and oxygen atoms in total. The Balaban J connectivity index is 2.38. The van der Waals surface area contributed by atoms with Crippen molar-refractivity contribution in [2.24, 2.45) is 0 Å². The largest absolute Gasteiger partial charge is 0.477 e. The van der Waals surface area contributed by atoms with Crippen LogP contribution in [0.2, 0.25) is 0 Å². The Labute approximate surface area is 120 Å². The minimum atomic E-state index is -3.79. The smallest absolute Gasteiger partial charge is 0.348 e. The van der Waals surface area contributed by atoms with Gasteiger partial charge in [-0.15, -0.1) is 11.3 Å². The van der Waals surface area contributed by atoms with Crippen molar-refractivity contribution < 1.29 is 18.3 Å². The zero-order valence-electron chi connectivity index (χ0n) is 10.9. The van der Waals surface area contributed by atoms with Crippen LogP contribution in [-0.2, 0) is 10.0 Å². The van der Waals surface area contributed by atoms with Crippen molar-refractivity contribution in [2.75, 3.05) is 4.72 Å². The molecule has 0 aliphatic carbocycles. The number of sulfonamides is 1. The van der Waals surface area contributed by atoms with E-state index in [0.717, 1.165) is 22.5 Å². The highest BCUT2D eigenvalue weighted by Gasteiger charge is 2.19. The zero-order valence-corrected chi connectivity index (χ0v) is 12.5. The summed E-state index contributed by atoms with van der Waals surface area (Å²) in [5.74, 6) is -1.15. The standard InChI is InChI=1S/C13H13NO4S2/c1-8-3-4-10(7-9(8)2)20(17,18)14-11-5-6-19-12(11)13(15)16/h3-7,14H,1-2H3,(H,15,16). The average Bonchev–Trinajstić information content (AvgIpc) is 2.80. The first-order chi connectivity index (χ1) is 9.31. The Morgan fingerprint density at radius 1 is 1.20 bits per heavy atom. The molecule has 2 rings (SSSR count). The molecule has 0 atom stereocenters. The molecule has 106 valence electrons. The van der Waals surface area contributed by atoms with E-state index in [1.807, 2.05) is 13.8 Å². The highest BCUT2D eigenvalue weighted by Crippen LogP contribution is 2.25. The summed E-state index contributed by atoms with van der Waals surface area (Å²) in [6.07, 6.45) is 0. The van der Waals surface area contributed by atoms with Crippen LogP contribution in [-0.4, -0.2) is 19.5 Å². The Bertz CT molecular complexity index is 762. The molecule has 7 heteroatoms. The maximum Gasteiger partial charge on any atom is 0.348 e. The van der Waals surface area contributed by atoms with Crippen molar-refractivity contribution in [3.8, 4) is 0 Å². The first-order valence-electron chi connectivity index (χ1n) is 5.72. The van der Waals surface area contributed by atoms with Crippen molar-refractivity contribution in [2.45, 2.75) is 18.7 Å². The van der Waals surface area contributed by atoms with Crippen molar-refractivity contribution in [3.63, 3.8) is 0 Å². The molecule has 1 aromatic carbocycles. The lowest BCUT2D eigenvalue weighted by molar-refractivity contribution is 0.0703. The van der Waals surface area contributed by atoms with E-state index >= 15 is 0 Å². The Morgan fingerprint density at radius 3 is 2.50 bits per heavy atom. The van der Waals surface area contributed by atoms with Gasteiger partial charge in [0, 0.05) is 0 Å². The normalized spacial score (nSPS) is 11.3. The van der Waals surface area contributed by atoms with E-state index in [4.69, 9.17) is 5.11 Å². The van der Waals surface area contributed by atoms with E-state index in [1.165, 1.54) is 17.5 Å². The Morgan fingerprint density at radius 2 is 1.90 bits per heavy atom. The van der Waals surface area contributed by atoms with Gasteiger partial charge in [0.2, 0.25) is 0 Å². The zero-order chi connectivity index (χ0) is 14.9. The summed E-state index contributed by atoms with van der Waals surface area (Å²) in [6.45, 7) is 3.71. The van der Waals surface area contributed by atoms with E-state index in [1.54, 1.807) is 12.1 Å². The van der Waals surface area contributed by atoms with Crippen LogP contribution < -0.4 is 4.72 Å². The number of carboxylic acid groups (broad SMARTS) is 1. The summed E-state index contributed by atoms with van der Waals surface area (Å²) in [7, 11) is -3.79. The van der Waals surface area contributed by atoms with Crippen LogP contribution in [0, 0.1) is 13.8 Å². The maximum atomic E-state index is 12.2. The van der Waals surface area contributed by atoms with E-state index in [2.05, 4.69) is 4.72 Å². The van der Waals surface area contributed by atoms with Gasteiger partial charge >= 0.3 is 5.97 Å². The molecule has 0 saturated heterocycles. The molecule has 0 aliphatic rings. The van der Waals surface area contributed by atoms with Crippen LogP contribution in [0.15, 0.2) is 34.5 Å². The second-order valence-electron chi connectivity index (χ2n) is 4.32. The maximum absolute atomic E-state index is 12.2. The fourth-order valence-electron chi connectivity index (χ4n) is 1.64. The topological polar surface area (TPSA) is 83.5 Å². The van der Waals surface area contributed by atoms with Crippen molar-refractivity contribution in [1.29, 1.82) is 0 Å². The molecule has 0 radical (unpaired) electrons. The van der Waals surface area contributed by atoms with Gasteiger partial charge in [-0.05, 0) is 48.6 Å². The number of benzene rings is 1. The predicted molar refractivity (Wildman–Crippen MR) is 78.0 cm³/mol. The molecular weight excluding hydrogens is 298 g/mol. The number of hydrogen-bond donors (Lipinski definition) is 2. The molecule has 20 heavy (non-hydrogen) atoms. The third kappa shape index (κ3) is 2.83. The summed E-state index contributed by atoms with van der Waals surface area (Å²) < 4.78 is 26.8. The quantitative estimate of drug-likeness (QED) is 0.909. The summed E-state index contributed by atoms with van der Waals surface area (Å²) in [5, 5.41) is 10.5. The molecule has 0 fully saturated rings. The summed E-state index contributed by atoms with van der Waals surface area (Å²) in [5.41, 5.74) is 1.93. The fourth-order valence-corrected chi connectivity index (χ4v) is 3.55. The number of carbonyl (C=O) groups is 1. The lowest BCUT2D eigenvalue weighted by Crippen LogP contribution is -2.14. The number of hydrogen-bond acceptors (Lipinski definition) is 4. The van der Waals surface area contributed by atoms with E-state index in [0.29, 0.717) is 0 Å². The molecule has 2 N–H and O–H groups in total. The second kappa shape index (κ2) is 5.26. The number of nitrogens with one attached hydrogen (secondary N) is 1. The lowest BCUT2D eigenvalue weighted by Gasteiger charge is -2.09. The molecule has 0 amide bonds. The molecule has 0 saturated carbocycles. The predicted octanol–water partition coefficient (Wildman–Crippen LogP) is 2.86. The Kier molecular flexibility index (Phi) is 3.82. The minimum absolute atomic E-state index is 0.0302. The van der Waals surface area contributed by atoms with E-state index in [-0.39, 0.29) is 15.5 Å². The first-order valence-corrected chi connectivity index (χ1v) is 8.08. The number of thiophene rings is 1. The molecule has 0 aliphatic heterocycles. The minimum Gasteiger partial charge on any atom is -0.477 e. The van der Waals surface area contributed by atoms with Crippen molar-refractivity contribution >= 4 is 33.0 Å². The molecular formula is C13H13NO4S2. The van der Waals surface area contributed by atoms with Gasteiger partial charge in [-0.25, -0.2) is 13.2 Å². The van der Waals surface area contributed by atoms with Crippen LogP contribution in [0.25, 0.3) is 0 Å². The Hall–Kier alpha value is -1.86. The molecule has 1 heterocycles. The highest BCUT2D eigenvalue weighted by atomic mass is 32.2. The van der Waals surface area contributed by atoms with Gasteiger partial charge in [0.15, 0.2) is 0 Å². The van der Waals surface area contributed by atoms with Gasteiger partial charge in [-0.2, -0.15) is 0 Å². The van der Waals surface area contributed by atoms with Gasteiger partial charge in [-0.3, -0.25) is 4.72 Å². The van der Waals surface area contributed by atoms with Crippen LogP contribution >= 0.6 is 11.3 Å². The second-order valence-corrected chi connectivity index (χ2v) is 6.92. The van der Waals surface area contributed by atoms with E-state index in [9.17, 15) is 13.2 Å². The monoisotopic (exact) mass is 311 g/mol. The number of aromatic carboxylic acids is 1. The summed E-state index contributed by atoms with van der Waals surface area (Å²) >= 11 is 0.973. The number of carboxylic acids is 1. The number of aryl methyl sites for hydroxylation is 2. The van der Waals surface area contributed by atoms with Crippen LogP contribution in [0.5, 0.6) is 0 Å². The fraction of sp³-hybridized carbons (Fsp3) is 0.154. The molecule has 1 aromatic heterocycles. The highest BCUT2D eigenvalue weighted by molar-refractivity contribution is 7.92. The van der Waals surface area contributed by atoms with Gasteiger partial charge < -0.3 is 5.11 Å². The van der Waals surface area contributed by atoms with Crippen LogP contribution in [0.3, 0.4) is 0 Å². The van der Waals surface area contributed by atoms with Crippen LogP contribution in [0.4, 0.5) is 5.69 Å². The third-order valence-electron chi connectivity index (χ3n) is 2.89. The van der Waals surface area contributed by atoms with Crippen molar-refractivity contribution in [3.05, 3.63) is 45.6 Å². The van der Waals surface area contributed by atoms with Crippen LogP contribution in [0.1, 0.15) is 20.8 Å². The number of rotatable bonds is 4. The van der Waals surface area contributed by atoms with Gasteiger partial charge in [0.05, 0.1) is 10.6 Å².